The number of aliphatic hydroxyl groups excluding tert-OH is 1. The van der Waals surface area contributed by atoms with Crippen LogP contribution in [0.1, 0.15) is 133 Å². The van der Waals surface area contributed by atoms with Crippen LogP contribution in [0.2, 0.25) is 0 Å². The number of hydrogen-bond acceptors (Lipinski definition) is 4. The Morgan fingerprint density at radius 2 is 1.30 bits per heavy atom. The Labute approximate surface area is 339 Å². The summed E-state index contributed by atoms with van der Waals surface area (Å²) >= 11 is 0. The van der Waals surface area contributed by atoms with Crippen molar-refractivity contribution in [3.05, 3.63) is 107 Å². The van der Waals surface area contributed by atoms with E-state index in [0.717, 1.165) is 30.8 Å². The van der Waals surface area contributed by atoms with Crippen LogP contribution in [0.5, 0.6) is 0 Å². The second-order valence-electron chi connectivity index (χ2n) is 15.6. The lowest BCUT2D eigenvalue weighted by Crippen LogP contribution is -3.00. The Morgan fingerprint density at radius 3 is 1.79 bits per heavy atom. The van der Waals surface area contributed by atoms with E-state index in [-0.39, 0.29) is 40.6 Å². The quantitative estimate of drug-likeness (QED) is 0.132. The lowest BCUT2D eigenvalue weighted by molar-refractivity contribution is -0.929. The standard InChI is InChI=1S/C31H38FN3O2.C16H36N.FH.H2O/c1-4-33(17-18-36)31(37)28-15-13-27(14-16-28)30(26-10-6-5-7-11-26)35-21-23(2)34(20-24(35)3)22-25-9-8-12-29(32)19-25;1-5-9-13-17(14-10-6-2,15-11-7-3)16-12-8-4;;/h5-16,19,23-24,30,36H,4,17-18,20-22H2,1-3H3;5-16H2,1-4H3;1H;1H2/q;+1;;/p-1/t23-,24+,30+;;;/m1.../s1. The normalized spacial score (nSPS) is 16.5. The summed E-state index contributed by atoms with van der Waals surface area (Å²) in [7, 11) is 0. The Kier molecular flexibility index (Phi) is 24.9. The fourth-order valence-electron chi connectivity index (χ4n) is 8.05. The number of likely N-dealkylation sites (N-methyl/N-ethyl adjacent to an activating group) is 1. The Balaban J connectivity index is 0.000000704. The summed E-state index contributed by atoms with van der Waals surface area (Å²) in [4.78, 5) is 19.5. The van der Waals surface area contributed by atoms with E-state index in [1.165, 1.54) is 93.7 Å². The summed E-state index contributed by atoms with van der Waals surface area (Å²) in [5.74, 6) is -0.256. The molecule has 0 unspecified atom stereocenters. The van der Waals surface area contributed by atoms with Crippen molar-refractivity contribution >= 4 is 5.91 Å². The minimum absolute atomic E-state index is 0. The second kappa shape index (κ2) is 27.4. The second-order valence-corrected chi connectivity index (χ2v) is 15.6. The van der Waals surface area contributed by atoms with Gasteiger partial charge in [-0.15, -0.1) is 0 Å². The third-order valence-electron chi connectivity index (χ3n) is 11.3. The van der Waals surface area contributed by atoms with Crippen molar-refractivity contribution in [3.8, 4) is 0 Å². The molecule has 7 nitrogen and oxygen atoms in total. The molecule has 1 aliphatic rings. The predicted octanol–water partition coefficient (Wildman–Crippen LogP) is 6.15. The molecule has 0 radical (unpaired) electrons. The molecule has 9 heteroatoms. The van der Waals surface area contributed by atoms with Crippen molar-refractivity contribution in [2.24, 2.45) is 0 Å². The van der Waals surface area contributed by atoms with Crippen molar-refractivity contribution in [1.82, 2.24) is 14.7 Å². The molecule has 3 N–H and O–H groups in total. The fourth-order valence-corrected chi connectivity index (χ4v) is 8.05. The van der Waals surface area contributed by atoms with Crippen LogP contribution < -0.4 is 4.70 Å². The molecule has 0 aromatic heterocycles. The van der Waals surface area contributed by atoms with Gasteiger partial charge in [-0.1, -0.05) is 108 Å². The lowest BCUT2D eigenvalue weighted by Gasteiger charge is -2.47. The van der Waals surface area contributed by atoms with Crippen LogP contribution in [0.3, 0.4) is 0 Å². The minimum atomic E-state index is -0.193. The van der Waals surface area contributed by atoms with Crippen molar-refractivity contribution < 1.29 is 29.0 Å². The molecule has 56 heavy (non-hydrogen) atoms. The van der Waals surface area contributed by atoms with Gasteiger partial charge in [0.1, 0.15) is 5.82 Å². The van der Waals surface area contributed by atoms with Crippen molar-refractivity contribution in [2.75, 3.05) is 59.0 Å². The van der Waals surface area contributed by atoms with Crippen LogP contribution >= 0.6 is 0 Å². The van der Waals surface area contributed by atoms with Gasteiger partial charge < -0.3 is 24.7 Å². The number of rotatable bonds is 21. The van der Waals surface area contributed by atoms with Gasteiger partial charge in [-0.05, 0) is 87.4 Å². The maximum Gasteiger partial charge on any atom is 0.253 e. The van der Waals surface area contributed by atoms with E-state index in [1.54, 1.807) is 17.0 Å². The molecule has 0 spiro atoms. The average molecular weight is 783 g/mol. The molecule has 3 atom stereocenters. The summed E-state index contributed by atoms with van der Waals surface area (Å²) in [5.41, 5.74) is 3.99. The third kappa shape index (κ3) is 15.6. The maximum absolute atomic E-state index is 13.8. The molecule has 3 aromatic carbocycles. The Morgan fingerprint density at radius 1 is 0.768 bits per heavy atom. The molecular formula is C47H76F2N4O3. The number of amides is 1. The van der Waals surface area contributed by atoms with E-state index < -0.39 is 0 Å². The van der Waals surface area contributed by atoms with Crippen LogP contribution in [0.4, 0.5) is 4.39 Å². The molecule has 1 aliphatic heterocycles. The number of unbranched alkanes of at least 4 members (excludes halogenated alkanes) is 4. The smallest absolute Gasteiger partial charge is 0.253 e. The van der Waals surface area contributed by atoms with Gasteiger partial charge in [0, 0.05) is 50.4 Å². The topological polar surface area (TPSA) is 78.5 Å². The molecule has 1 saturated heterocycles. The largest absolute Gasteiger partial charge is 1.00 e. The number of hydrogen-bond donors (Lipinski definition) is 1. The highest BCUT2D eigenvalue weighted by Gasteiger charge is 2.35. The molecule has 1 fully saturated rings. The van der Waals surface area contributed by atoms with Gasteiger partial charge in [-0.25, -0.2) is 4.39 Å². The van der Waals surface area contributed by atoms with Crippen LogP contribution in [0.15, 0.2) is 78.9 Å². The average Bonchev–Trinajstić information content (AvgIpc) is 3.19. The summed E-state index contributed by atoms with van der Waals surface area (Å²) in [6.45, 7) is 24.8. The van der Waals surface area contributed by atoms with E-state index in [9.17, 15) is 14.3 Å². The monoisotopic (exact) mass is 783 g/mol. The van der Waals surface area contributed by atoms with E-state index in [4.69, 9.17) is 0 Å². The zero-order valence-electron chi connectivity index (χ0n) is 35.9. The number of aliphatic hydroxyl groups is 1. The first kappa shape index (κ1) is 50.8. The zero-order valence-corrected chi connectivity index (χ0v) is 35.9. The van der Waals surface area contributed by atoms with Gasteiger partial charge in [0.2, 0.25) is 0 Å². The van der Waals surface area contributed by atoms with Crippen molar-refractivity contribution in [3.63, 3.8) is 0 Å². The molecule has 3 aromatic rings. The molecule has 0 bridgehead atoms. The zero-order chi connectivity index (χ0) is 39.3. The van der Waals surface area contributed by atoms with Crippen molar-refractivity contribution in [1.29, 1.82) is 0 Å². The van der Waals surface area contributed by atoms with E-state index in [2.05, 4.69) is 87.7 Å². The molecule has 4 rings (SSSR count). The van der Waals surface area contributed by atoms with Gasteiger partial charge in [0.15, 0.2) is 0 Å². The molecular weight excluding hydrogens is 707 g/mol. The van der Waals surface area contributed by atoms with Crippen LogP contribution in [-0.4, -0.2) is 107 Å². The lowest BCUT2D eigenvalue weighted by atomic mass is 9.92. The number of quaternary nitrogens is 1. The molecule has 1 heterocycles. The van der Waals surface area contributed by atoms with Crippen molar-refractivity contribution in [2.45, 2.75) is 125 Å². The summed E-state index contributed by atoms with van der Waals surface area (Å²) in [6.07, 6.45) is 11.1. The third-order valence-corrected chi connectivity index (χ3v) is 11.3. The van der Waals surface area contributed by atoms with Gasteiger partial charge in [0.25, 0.3) is 5.91 Å². The van der Waals surface area contributed by atoms with E-state index in [1.807, 2.05) is 31.2 Å². The van der Waals surface area contributed by atoms with E-state index in [0.29, 0.717) is 24.7 Å². The van der Waals surface area contributed by atoms with Gasteiger partial charge in [0.05, 0.1) is 38.8 Å². The number of benzene rings is 3. The highest BCUT2D eigenvalue weighted by Crippen LogP contribution is 2.34. The molecule has 0 saturated carbocycles. The number of piperazine rings is 1. The minimum Gasteiger partial charge on any atom is -1.00 e. The van der Waals surface area contributed by atoms with Crippen LogP contribution in [0.25, 0.3) is 0 Å². The number of nitrogens with zero attached hydrogens (tertiary/aromatic N) is 4. The van der Waals surface area contributed by atoms with Gasteiger partial charge >= 0.3 is 0 Å². The Bertz CT molecular complexity index is 1420. The maximum atomic E-state index is 13.8. The summed E-state index contributed by atoms with van der Waals surface area (Å²) in [6, 6.07) is 26.0. The molecule has 1 amide bonds. The highest BCUT2D eigenvalue weighted by molar-refractivity contribution is 5.94. The first-order valence-electron chi connectivity index (χ1n) is 21.3. The molecule has 316 valence electrons. The van der Waals surface area contributed by atoms with E-state index >= 15 is 0 Å². The van der Waals surface area contributed by atoms with Gasteiger partial charge in [-0.3, -0.25) is 14.6 Å². The first-order valence-corrected chi connectivity index (χ1v) is 21.3. The summed E-state index contributed by atoms with van der Waals surface area (Å²) in [5, 5.41) is 9.29. The molecule has 0 aliphatic carbocycles. The summed E-state index contributed by atoms with van der Waals surface area (Å²) < 4.78 is 15.2. The fraction of sp³-hybridized carbons (Fsp3) is 0.596. The highest BCUT2D eigenvalue weighted by atomic mass is 19.1. The SMILES string of the molecule is CCCC[N+](CCCC)(CCCC)CCCC.CCN(CCO)C(=O)c1ccc([C@H](c2ccccc2)N2C[C@@H](C)N(Cc3cccc(F)c3)C[C@@H]2C)cc1.O.[F-]. The van der Waals surface area contributed by atoms with Crippen LogP contribution in [0, 0.1) is 5.82 Å². The number of halogens is 2. The van der Waals surface area contributed by atoms with Crippen LogP contribution in [-0.2, 0) is 6.54 Å². The first-order chi connectivity index (χ1) is 26.1. The predicted molar refractivity (Wildman–Crippen MR) is 229 cm³/mol. The Hall–Kier alpha value is -3.21. The van der Waals surface area contributed by atoms with Gasteiger partial charge in [-0.2, -0.15) is 0 Å². The number of carbonyl (C=O) groups excluding carboxylic acids is 1. The number of carbonyl (C=O) groups is 1.